The first-order valence-corrected chi connectivity index (χ1v) is 30.8. The number of quaternary nitrogens is 1. The summed E-state index contributed by atoms with van der Waals surface area (Å²) in [6, 6.07) is 0.0827. The average molecular weight is 1040 g/mol. The zero-order valence-electron chi connectivity index (χ0n) is 44.1. The maximum absolute atomic E-state index is 7.45. The molecule has 7 heteroatoms. The third kappa shape index (κ3) is 2.26. The van der Waals surface area contributed by atoms with Gasteiger partial charge in [-0.05, 0) is 313 Å². The predicted molar refractivity (Wildman–Crippen MR) is 338 cm³/mol. The Morgan fingerprint density at radius 2 is 0.537 bits per heavy atom. The van der Waals surface area contributed by atoms with Gasteiger partial charge >= 0.3 is 0 Å². The van der Waals surface area contributed by atoms with Crippen molar-refractivity contribution < 1.29 is 28.2 Å². The molecule has 0 saturated carbocycles. The maximum Gasteiger partial charge on any atom is 0.128 e. The van der Waals surface area contributed by atoms with Gasteiger partial charge in [0, 0.05) is 13.7 Å². The van der Waals surface area contributed by atoms with Crippen LogP contribution < -0.4 is 5.73 Å². The minimum Gasteiger partial charge on any atom is -0.382 e. The largest absolute Gasteiger partial charge is 0.382 e. The summed E-state index contributed by atoms with van der Waals surface area (Å²) in [6.45, 7) is 7.67. The van der Waals surface area contributed by atoms with Crippen LogP contribution in [0, 0.1) is 0 Å². The highest BCUT2D eigenvalue weighted by Crippen LogP contribution is 2.86. The van der Waals surface area contributed by atoms with Crippen molar-refractivity contribution in [3.05, 3.63) is 22.3 Å². The van der Waals surface area contributed by atoms with Crippen LogP contribution in [0.15, 0.2) is 0 Å². The molecule has 0 amide bonds. The standard InChI is InChI=1S/C75H33N2O5/c1-77(4-6-80-10-9-79-5-3-76)14-74-70-62-54-44-34-26-18-16-17-20-24-22(18)30-38-32(24)42-36-28(20)29-21(17)25-23-19(16)27(26)35-41-31(23)39-33(25)43-37(29)47-46(36)58-52(42)60-50(38)56(48(54)40(30)34)64(70)66(60)72-68(58)69-59(47)53(43)61-51(39)57-49(41)55(45(35)44)63(62)71(74)65(57)67(61)73(69)75(72,74)15(77)13-82-12-11-81-8-7-78-2/h15H,3-14,76H2,1-2H3/q+1. The predicted octanol–water partition coefficient (Wildman–Crippen LogP) is 15.8. The molecule has 1 saturated heterocycles. The number of benzene rings is 18. The van der Waals surface area contributed by atoms with Gasteiger partial charge in [-0.25, -0.2) is 0 Å². The topological polar surface area (TPSA) is 72.2 Å². The van der Waals surface area contributed by atoms with Crippen molar-refractivity contribution in [2.24, 2.45) is 5.73 Å². The highest BCUT2D eigenvalue weighted by Gasteiger charge is 2.80. The van der Waals surface area contributed by atoms with Crippen LogP contribution >= 0.6 is 0 Å². The molecule has 33 rings (SSSR count). The summed E-state index contributed by atoms with van der Waals surface area (Å²) in [5.41, 5.74) is 12.0. The third-order valence-corrected chi connectivity index (χ3v) is 27.9. The fraction of sp³-hybridized carbons (Fsp3) is 0.227. The number of ether oxygens (including phenoxy) is 5. The summed E-state index contributed by atoms with van der Waals surface area (Å²) in [4.78, 5) is 0. The van der Waals surface area contributed by atoms with E-state index >= 15 is 0 Å². The van der Waals surface area contributed by atoms with Gasteiger partial charge in [0.2, 0.25) is 0 Å². The van der Waals surface area contributed by atoms with E-state index < -0.39 is 5.41 Å². The number of nitrogens with zero attached hydrogens (tertiary/aromatic N) is 1. The number of hydrogen-bond donors (Lipinski definition) is 1. The van der Waals surface area contributed by atoms with Gasteiger partial charge in [0.15, 0.2) is 0 Å². The Morgan fingerprint density at radius 3 is 0.817 bits per heavy atom. The van der Waals surface area contributed by atoms with Crippen LogP contribution in [0.25, 0.3) is 291 Å². The molecular formula is C75H33N2O5+. The lowest BCUT2D eigenvalue weighted by Gasteiger charge is -2.49. The van der Waals surface area contributed by atoms with E-state index in [0.717, 1.165) is 17.6 Å². The lowest BCUT2D eigenvalue weighted by Crippen LogP contribution is -2.59. The molecule has 1 aliphatic heterocycles. The third-order valence-electron chi connectivity index (χ3n) is 27.9. The number of likely N-dealkylation sites (N-methyl/N-ethyl adjacent to an activating group) is 1. The van der Waals surface area contributed by atoms with Crippen molar-refractivity contribution in [2.75, 3.05) is 93.3 Å². The zero-order valence-corrected chi connectivity index (χ0v) is 44.1. The Bertz CT molecular complexity index is 7240. The summed E-state index contributed by atoms with van der Waals surface area (Å²) in [5.74, 6) is 0. The second-order valence-corrected chi connectivity index (χ2v) is 29.0. The first-order valence-electron chi connectivity index (χ1n) is 30.8. The molecule has 0 radical (unpaired) electrons. The van der Waals surface area contributed by atoms with Crippen LogP contribution in [0.4, 0.5) is 0 Å². The second-order valence-electron chi connectivity index (χ2n) is 29.0. The molecule has 82 heavy (non-hydrogen) atoms. The van der Waals surface area contributed by atoms with E-state index in [1.54, 1.807) is 320 Å². The minimum absolute atomic E-state index is 0.0827. The van der Waals surface area contributed by atoms with Crippen LogP contribution in [0.5, 0.6) is 0 Å². The Hall–Kier alpha value is -7.82. The minimum atomic E-state index is -0.422. The molecule has 2 atom stereocenters. The monoisotopic (exact) mass is 1040 g/mol. The van der Waals surface area contributed by atoms with Gasteiger partial charge in [-0.3, -0.25) is 0 Å². The molecule has 28 aromatic carbocycles. The van der Waals surface area contributed by atoms with Gasteiger partial charge in [-0.15, -0.1) is 0 Å². The van der Waals surface area contributed by atoms with Crippen molar-refractivity contribution in [1.29, 1.82) is 0 Å². The summed E-state index contributed by atoms with van der Waals surface area (Å²) in [5, 5.41) is 88.5. The van der Waals surface area contributed by atoms with E-state index in [-0.39, 0.29) is 11.5 Å². The maximum atomic E-state index is 7.45. The Balaban J connectivity index is 0.941. The number of hydrogen-bond acceptors (Lipinski definition) is 6. The van der Waals surface area contributed by atoms with E-state index in [9.17, 15) is 0 Å². The van der Waals surface area contributed by atoms with E-state index in [1.165, 1.54) is 0 Å². The van der Waals surface area contributed by atoms with Crippen LogP contribution in [0.3, 0.4) is 0 Å². The molecular weight excluding hydrogens is 1010 g/mol. The molecule has 2 N–H and O–H groups in total. The van der Waals surface area contributed by atoms with Gasteiger partial charge in [0.25, 0.3) is 0 Å². The quantitative estimate of drug-likeness (QED) is 0.0591. The van der Waals surface area contributed by atoms with Crippen molar-refractivity contribution in [3.8, 4) is 0 Å². The smallest absolute Gasteiger partial charge is 0.128 e. The van der Waals surface area contributed by atoms with Crippen molar-refractivity contribution in [1.82, 2.24) is 0 Å². The van der Waals surface area contributed by atoms with Crippen molar-refractivity contribution >= 4 is 291 Å². The summed E-state index contributed by atoms with van der Waals surface area (Å²) < 4.78 is 32.8. The molecule has 5 aliphatic rings. The fourth-order valence-corrected chi connectivity index (χ4v) is 27.3. The molecule has 0 aromatic heterocycles. The van der Waals surface area contributed by atoms with Gasteiger partial charge in [-0.1, -0.05) is 0 Å². The normalized spacial score (nSPS) is 23.8. The lowest BCUT2D eigenvalue weighted by atomic mass is 9.48. The highest BCUT2D eigenvalue weighted by molar-refractivity contribution is 6.82. The average Bonchev–Trinajstić information content (AvgIpc) is 1.39. The molecule has 28 aromatic rings. The molecule has 2 unspecified atom stereocenters. The van der Waals surface area contributed by atoms with Gasteiger partial charge in [-0.2, -0.15) is 0 Å². The van der Waals surface area contributed by atoms with Gasteiger partial charge in [0.05, 0.1) is 83.9 Å². The second kappa shape index (κ2) is 9.15. The molecule has 2 spiro atoms. The molecule has 7 nitrogen and oxygen atoms in total. The zero-order chi connectivity index (χ0) is 50.6. The SMILES string of the molecule is COCCOCCOCC1C23c4c5c6c7c8c9c(c%10c%11c2c2c4c4c%12c5c5c6c6c8c8c%13c9c9c%10c%10c%11c%11c2c2c4c4c%12c%12c5c5c6c8c6c8c%13c9c9c%10c%10c%11c2c2c4c4c%12c5c6c5c8c9c%10c2c45)C73C[N+]1(C)CCOCCOCCN. The number of rotatable bonds is 16. The first-order chi connectivity index (χ1) is 40.7. The van der Waals surface area contributed by atoms with Gasteiger partial charge in [0.1, 0.15) is 12.6 Å². The van der Waals surface area contributed by atoms with Crippen LogP contribution in [-0.2, 0) is 34.5 Å². The summed E-state index contributed by atoms with van der Waals surface area (Å²) in [6.07, 6.45) is 0. The number of likely N-dealkylation sites (tertiary alicyclic amines) is 1. The van der Waals surface area contributed by atoms with Crippen LogP contribution in [-0.4, -0.2) is 104 Å². The fourth-order valence-electron chi connectivity index (χ4n) is 27.3. The molecule has 1 heterocycles. The lowest BCUT2D eigenvalue weighted by molar-refractivity contribution is -0.924. The van der Waals surface area contributed by atoms with E-state index in [2.05, 4.69) is 7.05 Å². The Morgan fingerprint density at radius 1 is 0.305 bits per heavy atom. The van der Waals surface area contributed by atoms with Crippen molar-refractivity contribution in [2.45, 2.75) is 16.9 Å². The van der Waals surface area contributed by atoms with E-state index in [0.29, 0.717) is 66.0 Å². The Kier molecular flexibility index (Phi) is 4.00. The molecule has 4 aliphatic carbocycles. The van der Waals surface area contributed by atoms with Crippen LogP contribution in [0.2, 0.25) is 0 Å². The summed E-state index contributed by atoms with van der Waals surface area (Å²) >= 11 is 0. The highest BCUT2D eigenvalue weighted by atomic mass is 16.5. The van der Waals surface area contributed by atoms with Gasteiger partial charge < -0.3 is 33.9 Å². The summed E-state index contributed by atoms with van der Waals surface area (Å²) in [7, 11) is 4.43. The molecule has 372 valence electrons. The van der Waals surface area contributed by atoms with E-state index in [4.69, 9.17) is 29.4 Å². The molecule has 0 bridgehead atoms. The van der Waals surface area contributed by atoms with E-state index in [1.807, 2.05) is 0 Å². The van der Waals surface area contributed by atoms with Crippen LogP contribution in [0.1, 0.15) is 22.3 Å². The number of methoxy groups -OCH3 is 1. The first kappa shape index (κ1) is 35.9. The molecule has 1 fully saturated rings. The van der Waals surface area contributed by atoms with Crippen molar-refractivity contribution in [3.63, 3.8) is 0 Å². The Labute approximate surface area is 454 Å². The number of nitrogens with two attached hydrogens (primary N) is 1.